The van der Waals surface area contributed by atoms with Crippen molar-refractivity contribution in [3.63, 3.8) is 0 Å². The predicted molar refractivity (Wildman–Crippen MR) is 79.3 cm³/mol. The van der Waals surface area contributed by atoms with Gasteiger partial charge in [-0.1, -0.05) is 33.3 Å². The van der Waals surface area contributed by atoms with Gasteiger partial charge >= 0.3 is 0 Å². The average Bonchev–Trinajstić information content (AvgIpc) is 2.49. The molecule has 5 heteroatoms. The zero-order chi connectivity index (χ0) is 15.0. The third-order valence-electron chi connectivity index (χ3n) is 3.28. The molecule has 3 N–H and O–H groups in total. The van der Waals surface area contributed by atoms with E-state index in [1.165, 1.54) is 0 Å². The van der Waals surface area contributed by atoms with Crippen LogP contribution in [0.4, 0.5) is 0 Å². The van der Waals surface area contributed by atoms with E-state index in [-0.39, 0.29) is 11.8 Å². The first-order valence-electron chi connectivity index (χ1n) is 7.19. The largest absolute Gasteiger partial charge is 0.478 e. The van der Waals surface area contributed by atoms with E-state index in [1.54, 1.807) is 6.20 Å². The van der Waals surface area contributed by atoms with Crippen molar-refractivity contribution in [2.75, 3.05) is 6.61 Å². The molecule has 2 atom stereocenters. The Kier molecular flexibility index (Phi) is 7.01. The lowest BCUT2D eigenvalue weighted by Gasteiger charge is -2.17. The number of ether oxygens (including phenoxy) is 1. The van der Waals surface area contributed by atoms with Crippen molar-refractivity contribution in [1.82, 2.24) is 10.3 Å². The Balaban J connectivity index is 2.43. The van der Waals surface area contributed by atoms with Crippen molar-refractivity contribution in [2.45, 2.75) is 46.2 Å². The maximum Gasteiger partial charge on any atom is 0.237 e. The lowest BCUT2D eigenvalue weighted by molar-refractivity contribution is -0.123. The van der Waals surface area contributed by atoms with E-state index in [9.17, 15) is 4.79 Å². The van der Waals surface area contributed by atoms with Crippen LogP contribution in [0, 0.1) is 5.92 Å². The first-order valence-corrected chi connectivity index (χ1v) is 7.19. The van der Waals surface area contributed by atoms with Crippen LogP contribution >= 0.6 is 0 Å². The molecule has 0 bridgehead atoms. The van der Waals surface area contributed by atoms with Crippen molar-refractivity contribution in [2.24, 2.45) is 11.7 Å². The molecule has 0 saturated carbocycles. The number of nitrogens with two attached hydrogens (primary N) is 1. The smallest absolute Gasteiger partial charge is 0.237 e. The number of carbonyl (C=O) groups is 1. The molecular formula is C15H25N3O2. The van der Waals surface area contributed by atoms with Gasteiger partial charge in [0.1, 0.15) is 0 Å². The van der Waals surface area contributed by atoms with Crippen LogP contribution in [0.15, 0.2) is 18.3 Å². The summed E-state index contributed by atoms with van der Waals surface area (Å²) in [5, 5.41) is 2.83. The van der Waals surface area contributed by atoms with E-state index in [0.29, 0.717) is 19.0 Å². The molecule has 0 radical (unpaired) electrons. The number of amides is 1. The maximum atomic E-state index is 11.8. The van der Waals surface area contributed by atoms with Crippen molar-refractivity contribution >= 4 is 5.91 Å². The Hall–Kier alpha value is -1.62. The molecule has 0 aliphatic carbocycles. The minimum atomic E-state index is -0.458. The molecule has 0 saturated heterocycles. The number of nitrogens with one attached hydrogen (secondary N) is 1. The van der Waals surface area contributed by atoms with Crippen LogP contribution in [0.1, 0.15) is 39.2 Å². The van der Waals surface area contributed by atoms with Crippen LogP contribution < -0.4 is 15.8 Å². The number of rotatable bonds is 8. The van der Waals surface area contributed by atoms with Crippen LogP contribution in [0.3, 0.4) is 0 Å². The lowest BCUT2D eigenvalue weighted by Crippen LogP contribution is -2.44. The normalized spacial score (nSPS) is 13.6. The predicted octanol–water partition coefficient (Wildman–Crippen LogP) is 1.86. The monoisotopic (exact) mass is 279 g/mol. The Morgan fingerprint density at radius 1 is 1.45 bits per heavy atom. The topological polar surface area (TPSA) is 77.2 Å². The van der Waals surface area contributed by atoms with Crippen molar-refractivity contribution in [3.05, 3.63) is 23.9 Å². The zero-order valence-electron chi connectivity index (χ0n) is 12.6. The van der Waals surface area contributed by atoms with E-state index in [1.807, 2.05) is 32.9 Å². The maximum absolute atomic E-state index is 11.8. The second kappa shape index (κ2) is 8.53. The summed E-state index contributed by atoms with van der Waals surface area (Å²) < 4.78 is 5.40. The van der Waals surface area contributed by atoms with Gasteiger partial charge in [0, 0.05) is 18.8 Å². The minimum absolute atomic E-state index is 0.120. The van der Waals surface area contributed by atoms with Crippen LogP contribution in [-0.4, -0.2) is 23.5 Å². The van der Waals surface area contributed by atoms with E-state index in [2.05, 4.69) is 10.3 Å². The van der Waals surface area contributed by atoms with Gasteiger partial charge in [-0.3, -0.25) is 4.79 Å². The van der Waals surface area contributed by atoms with Gasteiger partial charge in [0.05, 0.1) is 12.6 Å². The summed E-state index contributed by atoms with van der Waals surface area (Å²) in [6, 6.07) is 3.25. The van der Waals surface area contributed by atoms with E-state index < -0.39 is 6.04 Å². The van der Waals surface area contributed by atoms with Gasteiger partial charge in [-0.2, -0.15) is 0 Å². The molecule has 0 aliphatic heterocycles. The molecule has 0 aliphatic rings. The number of carbonyl (C=O) groups excluding carboxylic acids is 1. The third-order valence-corrected chi connectivity index (χ3v) is 3.28. The first kappa shape index (κ1) is 16.4. The zero-order valence-corrected chi connectivity index (χ0v) is 12.6. The summed E-state index contributed by atoms with van der Waals surface area (Å²) in [6.45, 7) is 7.14. The molecule has 1 aromatic rings. The van der Waals surface area contributed by atoms with Crippen LogP contribution in [0.25, 0.3) is 0 Å². The molecule has 0 spiro atoms. The van der Waals surface area contributed by atoms with Gasteiger partial charge in [-0.25, -0.2) is 4.98 Å². The molecule has 1 rings (SSSR count). The second-order valence-corrected chi connectivity index (χ2v) is 4.98. The molecule has 1 aromatic heterocycles. The Labute approximate surface area is 120 Å². The fraction of sp³-hybridized carbons (Fsp3) is 0.600. The van der Waals surface area contributed by atoms with Gasteiger partial charge in [0.25, 0.3) is 0 Å². The Morgan fingerprint density at radius 3 is 2.75 bits per heavy atom. The first-order chi connectivity index (χ1) is 9.58. The van der Waals surface area contributed by atoms with E-state index >= 15 is 0 Å². The highest BCUT2D eigenvalue weighted by molar-refractivity contribution is 5.81. The van der Waals surface area contributed by atoms with Crippen LogP contribution in [0.2, 0.25) is 0 Å². The molecule has 1 amide bonds. The second-order valence-electron chi connectivity index (χ2n) is 4.98. The van der Waals surface area contributed by atoms with Crippen LogP contribution in [-0.2, 0) is 11.3 Å². The summed E-state index contributed by atoms with van der Waals surface area (Å²) in [5.74, 6) is 0.668. The summed E-state index contributed by atoms with van der Waals surface area (Å²) in [4.78, 5) is 16.0. The number of hydrogen-bond acceptors (Lipinski definition) is 4. The average molecular weight is 279 g/mol. The van der Waals surface area contributed by atoms with Gasteiger partial charge < -0.3 is 15.8 Å². The highest BCUT2D eigenvalue weighted by Gasteiger charge is 2.18. The number of pyridine rings is 1. The standard InChI is InChI=1S/C15H25N3O2/c1-4-8-20-13-7-6-12(9-17-13)10-18-15(19)14(16)11(3)5-2/h6-7,9,11,14H,4-5,8,10,16H2,1-3H3,(H,18,19). The Morgan fingerprint density at radius 2 is 2.20 bits per heavy atom. The molecule has 2 unspecified atom stereocenters. The molecule has 5 nitrogen and oxygen atoms in total. The van der Waals surface area contributed by atoms with Crippen molar-refractivity contribution in [1.29, 1.82) is 0 Å². The quantitative estimate of drug-likeness (QED) is 0.761. The fourth-order valence-electron chi connectivity index (χ4n) is 1.63. The molecule has 0 fully saturated rings. The molecule has 112 valence electrons. The third kappa shape index (κ3) is 5.17. The van der Waals surface area contributed by atoms with Crippen LogP contribution in [0.5, 0.6) is 5.88 Å². The molecular weight excluding hydrogens is 254 g/mol. The highest BCUT2D eigenvalue weighted by Crippen LogP contribution is 2.09. The SMILES string of the molecule is CCCOc1ccc(CNC(=O)C(N)C(C)CC)cn1. The molecule has 20 heavy (non-hydrogen) atoms. The molecule has 1 heterocycles. The van der Waals surface area contributed by atoms with Crippen molar-refractivity contribution in [3.8, 4) is 5.88 Å². The molecule has 0 aromatic carbocycles. The number of aromatic nitrogens is 1. The van der Waals surface area contributed by atoms with Gasteiger partial charge in [0.2, 0.25) is 11.8 Å². The highest BCUT2D eigenvalue weighted by atomic mass is 16.5. The van der Waals surface area contributed by atoms with E-state index in [0.717, 1.165) is 18.4 Å². The minimum Gasteiger partial charge on any atom is -0.478 e. The van der Waals surface area contributed by atoms with Gasteiger partial charge in [-0.05, 0) is 17.9 Å². The van der Waals surface area contributed by atoms with E-state index in [4.69, 9.17) is 10.5 Å². The van der Waals surface area contributed by atoms with Gasteiger partial charge in [-0.15, -0.1) is 0 Å². The van der Waals surface area contributed by atoms with Crippen molar-refractivity contribution < 1.29 is 9.53 Å². The summed E-state index contributed by atoms with van der Waals surface area (Å²) in [5.41, 5.74) is 6.80. The number of nitrogens with zero attached hydrogens (tertiary/aromatic N) is 1. The van der Waals surface area contributed by atoms with Gasteiger partial charge in [0.15, 0.2) is 0 Å². The summed E-state index contributed by atoms with van der Waals surface area (Å²) in [7, 11) is 0. The number of hydrogen-bond donors (Lipinski definition) is 2. The lowest BCUT2D eigenvalue weighted by atomic mass is 9.99. The summed E-state index contributed by atoms with van der Waals surface area (Å²) in [6.07, 6.45) is 3.55. The summed E-state index contributed by atoms with van der Waals surface area (Å²) >= 11 is 0. The fourth-order valence-corrected chi connectivity index (χ4v) is 1.63. The Bertz CT molecular complexity index is 406.